The van der Waals surface area contributed by atoms with Crippen LogP contribution in [0.1, 0.15) is 108 Å². The van der Waals surface area contributed by atoms with E-state index < -0.39 is 36.6 Å². The van der Waals surface area contributed by atoms with Crippen LogP contribution in [-0.2, 0) is 29.4 Å². The molecule has 234 valence electrons. The maximum Gasteiger partial charge on any atom is 0.494 e. The Hall–Kier alpha value is -2.58. The molecule has 2 aliphatic rings. The molecule has 2 aliphatic heterocycles. The van der Waals surface area contributed by atoms with Crippen molar-refractivity contribution in [2.45, 2.75) is 130 Å². The summed E-state index contributed by atoms with van der Waals surface area (Å²) in [5.74, 6) is 1.20. The average molecular weight is 597 g/mol. The Balaban J connectivity index is 1.63. The van der Waals surface area contributed by atoms with Crippen LogP contribution >= 0.6 is 0 Å². The highest BCUT2D eigenvalue weighted by atomic mass is 16.7. The minimum Gasteiger partial charge on any atom is -0.399 e. The second-order valence-electron chi connectivity index (χ2n) is 16.5. The van der Waals surface area contributed by atoms with Gasteiger partial charge in [0.15, 0.2) is 11.6 Å². The highest BCUT2D eigenvalue weighted by Gasteiger charge is 2.54. The molecule has 0 N–H and O–H groups in total. The number of hydrogen-bond acceptors (Lipinski definition) is 7. The zero-order valence-electron chi connectivity index (χ0n) is 29.2. The molecule has 5 rings (SSSR count). The average Bonchev–Trinajstić information content (AvgIpc) is 3.26. The number of nitrogens with zero attached hydrogens (tertiary/aromatic N) is 3. The quantitative estimate of drug-likeness (QED) is 0.323. The number of rotatable bonds is 4. The van der Waals surface area contributed by atoms with Crippen molar-refractivity contribution in [3.05, 3.63) is 53.9 Å². The number of hydrogen-bond donors (Lipinski definition) is 0. The Bertz CT molecular complexity index is 1480. The third kappa shape index (κ3) is 6.01. The third-order valence-corrected chi connectivity index (χ3v) is 9.79. The van der Waals surface area contributed by atoms with E-state index in [1.807, 2.05) is 12.1 Å². The SMILES string of the molecule is CC(C)(C)c1ccc(-c2ncnc(-c3cc(B4OC(C)(C)C(C)(C)O4)cc(B4OC(C)(C)C(C)(C)O4)c3)n2)c(C(C)(C)C)c1. The lowest BCUT2D eigenvalue weighted by molar-refractivity contribution is 0.00578. The minimum absolute atomic E-state index is 0.0284. The molecule has 0 aliphatic carbocycles. The molecule has 3 heterocycles. The standard InChI is InChI=1S/C35H49B2N3O4/c1-30(2,3)23-15-16-26(27(19-23)31(4,5)6)29-39-21-38-28(40-29)22-17-24(36-41-32(7,8)33(9,10)42-36)20-25(18-22)37-43-34(11,12)35(13,14)44-37/h15-21H,1-14H3. The molecule has 9 heteroatoms. The van der Waals surface area contributed by atoms with Gasteiger partial charge in [-0.2, -0.15) is 0 Å². The van der Waals surface area contributed by atoms with Gasteiger partial charge in [0.2, 0.25) is 0 Å². The molecule has 0 amide bonds. The van der Waals surface area contributed by atoms with E-state index in [-0.39, 0.29) is 10.8 Å². The van der Waals surface area contributed by atoms with Gasteiger partial charge in [0.05, 0.1) is 22.4 Å². The fraction of sp³-hybridized carbons (Fsp3) is 0.571. The highest BCUT2D eigenvalue weighted by molar-refractivity contribution is 6.66. The van der Waals surface area contributed by atoms with Crippen molar-refractivity contribution in [1.29, 1.82) is 0 Å². The summed E-state index contributed by atoms with van der Waals surface area (Å²) in [5, 5.41) is 0. The Labute approximate surface area is 265 Å². The summed E-state index contributed by atoms with van der Waals surface area (Å²) in [7, 11) is -1.14. The van der Waals surface area contributed by atoms with E-state index in [1.165, 1.54) is 11.1 Å². The molecular formula is C35H49B2N3O4. The smallest absolute Gasteiger partial charge is 0.399 e. The molecule has 3 aromatic rings. The summed E-state index contributed by atoms with van der Waals surface area (Å²) < 4.78 is 25.9. The van der Waals surface area contributed by atoms with Crippen molar-refractivity contribution in [1.82, 2.24) is 15.0 Å². The van der Waals surface area contributed by atoms with Crippen LogP contribution in [0.2, 0.25) is 0 Å². The van der Waals surface area contributed by atoms with E-state index >= 15 is 0 Å². The zero-order valence-corrected chi connectivity index (χ0v) is 29.2. The molecule has 44 heavy (non-hydrogen) atoms. The zero-order chi connectivity index (χ0) is 32.7. The van der Waals surface area contributed by atoms with Gasteiger partial charge < -0.3 is 18.6 Å². The predicted octanol–water partition coefficient (Wildman–Crippen LogP) is 6.40. The topological polar surface area (TPSA) is 75.6 Å². The molecule has 0 unspecified atom stereocenters. The first-order valence-electron chi connectivity index (χ1n) is 15.7. The minimum atomic E-state index is -0.570. The van der Waals surface area contributed by atoms with Gasteiger partial charge in [0, 0.05) is 11.1 Å². The second-order valence-corrected chi connectivity index (χ2v) is 16.5. The van der Waals surface area contributed by atoms with Crippen LogP contribution < -0.4 is 10.9 Å². The summed E-state index contributed by atoms with van der Waals surface area (Å²) in [4.78, 5) is 14.3. The molecule has 2 fully saturated rings. The van der Waals surface area contributed by atoms with Crippen LogP contribution in [0.5, 0.6) is 0 Å². The number of benzene rings is 2. The molecule has 0 atom stereocenters. The van der Waals surface area contributed by atoms with E-state index in [2.05, 4.69) is 131 Å². The second kappa shape index (κ2) is 10.5. The van der Waals surface area contributed by atoms with Crippen molar-refractivity contribution in [2.24, 2.45) is 0 Å². The lowest BCUT2D eigenvalue weighted by Gasteiger charge is -2.32. The van der Waals surface area contributed by atoms with E-state index in [9.17, 15) is 0 Å². The van der Waals surface area contributed by atoms with Crippen molar-refractivity contribution in [3.63, 3.8) is 0 Å². The molecular weight excluding hydrogens is 548 g/mol. The van der Waals surface area contributed by atoms with Crippen LogP contribution in [0, 0.1) is 0 Å². The van der Waals surface area contributed by atoms with Gasteiger partial charge in [0.25, 0.3) is 0 Å². The van der Waals surface area contributed by atoms with Crippen LogP contribution in [0.15, 0.2) is 42.7 Å². The van der Waals surface area contributed by atoms with Crippen molar-refractivity contribution >= 4 is 25.2 Å². The third-order valence-electron chi connectivity index (χ3n) is 9.79. The summed E-state index contributed by atoms with van der Waals surface area (Å²) >= 11 is 0. The summed E-state index contributed by atoms with van der Waals surface area (Å²) in [6, 6.07) is 12.8. The fourth-order valence-corrected chi connectivity index (χ4v) is 5.43. The Morgan fingerprint density at radius 1 is 0.568 bits per heavy atom. The van der Waals surface area contributed by atoms with Crippen LogP contribution in [0.25, 0.3) is 22.8 Å². The van der Waals surface area contributed by atoms with Crippen molar-refractivity contribution in [3.8, 4) is 22.8 Å². The molecule has 0 saturated carbocycles. The van der Waals surface area contributed by atoms with Crippen LogP contribution in [0.3, 0.4) is 0 Å². The maximum atomic E-state index is 6.47. The lowest BCUT2D eigenvalue weighted by Crippen LogP contribution is -2.41. The van der Waals surface area contributed by atoms with Gasteiger partial charge in [-0.15, -0.1) is 0 Å². The Kier molecular flexibility index (Phi) is 7.81. The molecule has 1 aromatic heterocycles. The van der Waals surface area contributed by atoms with Crippen molar-refractivity contribution < 1.29 is 18.6 Å². The first-order valence-corrected chi connectivity index (χ1v) is 15.7. The Morgan fingerprint density at radius 2 is 1.02 bits per heavy atom. The van der Waals surface area contributed by atoms with Crippen molar-refractivity contribution in [2.75, 3.05) is 0 Å². The molecule has 0 spiro atoms. The normalized spacial score (nSPS) is 20.8. The first kappa shape index (κ1) is 32.8. The largest absolute Gasteiger partial charge is 0.494 e. The monoisotopic (exact) mass is 597 g/mol. The molecule has 2 saturated heterocycles. The summed E-state index contributed by atoms with van der Waals surface area (Å²) in [6.45, 7) is 29.9. The summed E-state index contributed by atoms with van der Waals surface area (Å²) in [5.41, 5.74) is 4.00. The highest BCUT2D eigenvalue weighted by Crippen LogP contribution is 2.39. The van der Waals surface area contributed by atoms with Crippen LogP contribution in [0.4, 0.5) is 0 Å². The summed E-state index contributed by atoms with van der Waals surface area (Å²) in [6.07, 6.45) is 1.59. The molecule has 0 radical (unpaired) electrons. The predicted molar refractivity (Wildman–Crippen MR) is 180 cm³/mol. The van der Waals surface area contributed by atoms with E-state index in [4.69, 9.17) is 23.6 Å². The van der Waals surface area contributed by atoms with Gasteiger partial charge >= 0.3 is 14.2 Å². The maximum absolute atomic E-state index is 6.47. The van der Waals surface area contributed by atoms with Gasteiger partial charge in [-0.05, 0) is 88.3 Å². The first-order chi connectivity index (χ1) is 20.0. The molecule has 2 aromatic carbocycles. The Morgan fingerprint density at radius 3 is 1.45 bits per heavy atom. The van der Waals surface area contributed by atoms with E-state index in [0.29, 0.717) is 11.6 Å². The lowest BCUT2D eigenvalue weighted by atomic mass is 9.71. The van der Waals surface area contributed by atoms with Gasteiger partial charge in [-0.1, -0.05) is 77.9 Å². The van der Waals surface area contributed by atoms with Gasteiger partial charge in [0.1, 0.15) is 6.33 Å². The van der Waals surface area contributed by atoms with Gasteiger partial charge in [-0.25, -0.2) is 15.0 Å². The van der Waals surface area contributed by atoms with E-state index in [0.717, 1.165) is 22.1 Å². The molecule has 0 bridgehead atoms. The fourth-order valence-electron chi connectivity index (χ4n) is 5.43. The molecule has 7 nitrogen and oxygen atoms in total. The van der Waals surface area contributed by atoms with Gasteiger partial charge in [-0.3, -0.25) is 0 Å². The number of aromatic nitrogens is 3. The van der Waals surface area contributed by atoms with E-state index in [1.54, 1.807) is 6.33 Å². The van der Waals surface area contributed by atoms with Crippen LogP contribution in [-0.4, -0.2) is 51.6 Å².